The fraction of sp³-hybridized carbons (Fsp3) is 0.529. The summed E-state index contributed by atoms with van der Waals surface area (Å²) in [7, 11) is -3.08. The molecule has 3 aliphatic heterocycles. The molecule has 0 saturated carbocycles. The monoisotopic (exact) mass is 647 g/mol. The summed E-state index contributed by atoms with van der Waals surface area (Å²) in [6.45, 7) is 10.4. The Morgan fingerprint density at radius 2 is 1.89 bits per heavy atom. The number of piperidine rings is 1. The molecule has 0 radical (unpaired) electrons. The van der Waals surface area contributed by atoms with E-state index in [0.717, 1.165) is 47.7 Å². The van der Waals surface area contributed by atoms with E-state index >= 15 is 0 Å². The third kappa shape index (κ3) is 6.83. The van der Waals surface area contributed by atoms with E-state index in [0.29, 0.717) is 56.6 Å². The van der Waals surface area contributed by atoms with Crippen LogP contribution >= 0.6 is 0 Å². The number of hydrogen-bond donors (Lipinski definition) is 2. The number of hydrogen-bond acceptors (Lipinski definition) is 10. The molecule has 3 saturated heterocycles. The van der Waals surface area contributed by atoms with Crippen LogP contribution in [-0.4, -0.2) is 89.1 Å². The number of rotatable bonds is 8. The van der Waals surface area contributed by atoms with E-state index in [1.165, 1.54) is 12.3 Å². The van der Waals surface area contributed by atoms with Gasteiger partial charge in [0, 0.05) is 67.9 Å². The lowest BCUT2D eigenvalue weighted by Crippen LogP contribution is -2.57. The quantitative estimate of drug-likeness (QED) is 0.334. The first kappa shape index (κ1) is 32.2. The third-order valence-corrected chi connectivity index (χ3v) is 11.0. The van der Waals surface area contributed by atoms with Crippen LogP contribution in [0, 0.1) is 5.92 Å². The van der Waals surface area contributed by atoms with Gasteiger partial charge in [0.15, 0.2) is 0 Å². The standard InChI is InChI=1S/C34H45N7O4S/c1-5-32(42)40-16-8-6-7-9-28(40)25-10-11-29(41-21-24(23(41)2)22-46(4,44)45)27-20-36-31(19-26(25)27)37-30-12-15-35-33(38-30)39-17-13-34(3,43)14-18-39/h5,10-12,15,19-20,23-24,28,43H,1,6-9,13-14,16-18,21-22H2,2-4H3,(H,35,36,37,38)/t23-,24-,28+/m1/s1. The summed E-state index contributed by atoms with van der Waals surface area (Å²) >= 11 is 0. The molecule has 11 nitrogen and oxygen atoms in total. The number of fused-ring (bicyclic) bond motifs is 1. The molecule has 1 amide bonds. The van der Waals surface area contributed by atoms with Crippen LogP contribution in [-0.2, 0) is 14.6 Å². The van der Waals surface area contributed by atoms with Crippen molar-refractivity contribution in [2.45, 2.75) is 70.1 Å². The van der Waals surface area contributed by atoms with Crippen LogP contribution in [0.2, 0.25) is 0 Å². The largest absolute Gasteiger partial charge is 0.390 e. The number of carbonyl (C=O) groups excluding carboxylic acids is 1. The highest BCUT2D eigenvalue weighted by atomic mass is 32.2. The number of nitrogens with one attached hydrogen (secondary N) is 1. The zero-order valence-corrected chi connectivity index (χ0v) is 27.8. The van der Waals surface area contributed by atoms with Crippen molar-refractivity contribution in [1.29, 1.82) is 0 Å². The molecule has 46 heavy (non-hydrogen) atoms. The predicted octanol–water partition coefficient (Wildman–Crippen LogP) is 4.62. The molecule has 12 heteroatoms. The van der Waals surface area contributed by atoms with Gasteiger partial charge in [-0.3, -0.25) is 4.79 Å². The number of anilines is 4. The summed E-state index contributed by atoms with van der Waals surface area (Å²) in [4.78, 5) is 33.4. The molecule has 2 aromatic heterocycles. The fourth-order valence-corrected chi connectivity index (χ4v) is 8.31. The van der Waals surface area contributed by atoms with Crippen molar-refractivity contribution >= 4 is 49.8 Å². The topological polar surface area (TPSA) is 132 Å². The highest BCUT2D eigenvalue weighted by molar-refractivity contribution is 7.90. The molecule has 2 N–H and O–H groups in total. The zero-order chi connectivity index (χ0) is 32.6. The second kappa shape index (κ2) is 12.8. The molecule has 0 bridgehead atoms. The molecule has 0 spiro atoms. The number of benzene rings is 1. The minimum atomic E-state index is -3.08. The summed E-state index contributed by atoms with van der Waals surface area (Å²) < 4.78 is 24.0. The number of aromatic nitrogens is 3. The molecule has 6 rings (SSSR count). The molecule has 3 aliphatic rings. The van der Waals surface area contributed by atoms with E-state index in [1.54, 1.807) is 6.20 Å². The molecule has 0 unspecified atom stereocenters. The average Bonchev–Trinajstić information content (AvgIpc) is 3.28. The number of nitrogens with zero attached hydrogens (tertiary/aromatic N) is 6. The fourth-order valence-electron chi connectivity index (χ4n) is 7.15. The van der Waals surface area contributed by atoms with Crippen LogP contribution < -0.4 is 15.1 Å². The zero-order valence-electron chi connectivity index (χ0n) is 27.0. The first-order valence-electron chi connectivity index (χ1n) is 16.3. The Kier molecular flexibility index (Phi) is 8.95. The molecule has 1 aromatic carbocycles. The van der Waals surface area contributed by atoms with Gasteiger partial charge in [0.1, 0.15) is 21.5 Å². The van der Waals surface area contributed by atoms with Gasteiger partial charge in [-0.05, 0) is 74.8 Å². The van der Waals surface area contributed by atoms with E-state index < -0.39 is 15.4 Å². The molecule has 3 aromatic rings. The number of pyridine rings is 1. The minimum absolute atomic E-state index is 0.0655. The van der Waals surface area contributed by atoms with E-state index in [-0.39, 0.29) is 29.7 Å². The van der Waals surface area contributed by atoms with Crippen molar-refractivity contribution in [3.63, 3.8) is 0 Å². The Morgan fingerprint density at radius 3 is 2.61 bits per heavy atom. The summed E-state index contributed by atoms with van der Waals surface area (Å²) in [5.74, 6) is 2.02. The van der Waals surface area contributed by atoms with Crippen molar-refractivity contribution in [3.8, 4) is 0 Å². The van der Waals surface area contributed by atoms with Crippen LogP contribution in [0.1, 0.15) is 64.0 Å². The molecule has 0 aliphatic carbocycles. The average molecular weight is 648 g/mol. The Bertz CT molecular complexity index is 1720. The minimum Gasteiger partial charge on any atom is -0.390 e. The van der Waals surface area contributed by atoms with E-state index in [4.69, 9.17) is 9.97 Å². The SMILES string of the molecule is C=CC(=O)N1CCCCC[C@H]1c1ccc(N2C[C@H](CS(C)(=O)=O)[C@H]2C)c2cnc(Nc3ccnc(N4CCC(C)(O)CC4)n3)cc12. The molecular weight excluding hydrogens is 602 g/mol. The first-order chi connectivity index (χ1) is 21.9. The van der Waals surface area contributed by atoms with Crippen molar-refractivity contribution < 1.29 is 18.3 Å². The van der Waals surface area contributed by atoms with Crippen LogP contribution in [0.15, 0.2) is 49.3 Å². The number of amides is 1. The molecule has 3 fully saturated rings. The van der Waals surface area contributed by atoms with Crippen LogP contribution in [0.3, 0.4) is 0 Å². The Morgan fingerprint density at radius 1 is 1.11 bits per heavy atom. The lowest BCUT2D eigenvalue weighted by Gasteiger charge is -2.48. The molecule has 246 valence electrons. The smallest absolute Gasteiger partial charge is 0.246 e. The number of likely N-dealkylation sites (tertiary alicyclic amines) is 1. The second-order valence-corrected chi connectivity index (χ2v) is 15.7. The van der Waals surface area contributed by atoms with E-state index in [1.807, 2.05) is 30.2 Å². The van der Waals surface area contributed by atoms with Gasteiger partial charge in [0.25, 0.3) is 0 Å². The Labute approximate surface area is 271 Å². The van der Waals surface area contributed by atoms with Gasteiger partial charge in [-0.2, -0.15) is 4.98 Å². The van der Waals surface area contributed by atoms with Crippen LogP contribution in [0.25, 0.3) is 10.8 Å². The number of sulfone groups is 1. The Hall–Kier alpha value is -3.77. The molecular formula is C34H45N7O4S. The van der Waals surface area contributed by atoms with E-state index in [9.17, 15) is 18.3 Å². The first-order valence-corrected chi connectivity index (χ1v) is 18.4. The summed E-state index contributed by atoms with van der Waals surface area (Å²) in [5, 5.41) is 15.7. The highest BCUT2D eigenvalue weighted by Crippen LogP contribution is 2.42. The summed E-state index contributed by atoms with van der Waals surface area (Å²) in [6, 6.07) is 8.05. The van der Waals surface area contributed by atoms with Gasteiger partial charge < -0.3 is 25.1 Å². The van der Waals surface area contributed by atoms with Gasteiger partial charge in [0.2, 0.25) is 11.9 Å². The van der Waals surface area contributed by atoms with Crippen LogP contribution in [0.5, 0.6) is 0 Å². The van der Waals surface area contributed by atoms with Crippen LogP contribution in [0.4, 0.5) is 23.3 Å². The third-order valence-electron chi connectivity index (χ3n) is 9.93. The Balaban J connectivity index is 1.36. The molecule has 5 heterocycles. The van der Waals surface area contributed by atoms with Crippen molar-refractivity contribution in [2.75, 3.05) is 53.3 Å². The lowest BCUT2D eigenvalue weighted by molar-refractivity contribution is -0.128. The van der Waals surface area contributed by atoms with Crippen molar-refractivity contribution in [2.24, 2.45) is 5.92 Å². The van der Waals surface area contributed by atoms with Gasteiger partial charge in [-0.1, -0.05) is 25.5 Å². The normalized spacial score (nSPS) is 23.5. The van der Waals surface area contributed by atoms with Gasteiger partial charge >= 0.3 is 0 Å². The maximum atomic E-state index is 13.1. The van der Waals surface area contributed by atoms with E-state index in [2.05, 4.69) is 45.7 Å². The predicted molar refractivity (Wildman–Crippen MR) is 182 cm³/mol. The highest BCUT2D eigenvalue weighted by Gasteiger charge is 2.39. The summed E-state index contributed by atoms with van der Waals surface area (Å²) in [6.07, 6.45) is 11.5. The van der Waals surface area contributed by atoms with Gasteiger partial charge in [-0.15, -0.1) is 0 Å². The van der Waals surface area contributed by atoms with Gasteiger partial charge in [-0.25, -0.2) is 18.4 Å². The number of aliphatic hydroxyl groups is 1. The maximum absolute atomic E-state index is 13.1. The van der Waals surface area contributed by atoms with Crippen molar-refractivity contribution in [1.82, 2.24) is 19.9 Å². The lowest BCUT2D eigenvalue weighted by atomic mass is 9.88. The number of carbonyl (C=O) groups is 1. The van der Waals surface area contributed by atoms with Crippen molar-refractivity contribution in [3.05, 3.63) is 54.9 Å². The summed E-state index contributed by atoms with van der Waals surface area (Å²) in [5.41, 5.74) is 1.41. The second-order valence-electron chi connectivity index (χ2n) is 13.5. The van der Waals surface area contributed by atoms with Gasteiger partial charge in [0.05, 0.1) is 17.4 Å². The maximum Gasteiger partial charge on any atom is 0.246 e. The molecule has 3 atom stereocenters.